The van der Waals surface area contributed by atoms with Crippen LogP contribution >= 0.6 is 0 Å². The van der Waals surface area contributed by atoms with Gasteiger partial charge in [-0.05, 0) is 30.7 Å². The number of nitrogens with two attached hydrogens (primary N) is 1. The summed E-state index contributed by atoms with van der Waals surface area (Å²) in [5.74, 6) is -0.228. The second-order valence-corrected chi connectivity index (χ2v) is 3.95. The molecule has 0 fully saturated rings. The lowest BCUT2D eigenvalue weighted by molar-refractivity contribution is -0.384. The summed E-state index contributed by atoms with van der Waals surface area (Å²) < 4.78 is 13.4. The Balaban J connectivity index is 2.26. The zero-order valence-electron chi connectivity index (χ0n) is 10.1. The fraction of sp³-hybridized carbons (Fsp3) is 0.0833. The molecule has 1 heterocycles. The Hall–Kier alpha value is -2.70. The summed E-state index contributed by atoms with van der Waals surface area (Å²) >= 11 is 0. The summed E-state index contributed by atoms with van der Waals surface area (Å²) in [5, 5.41) is 13.4. The lowest BCUT2D eigenvalue weighted by Gasteiger charge is -2.07. The highest BCUT2D eigenvalue weighted by atomic mass is 19.1. The number of nitrogen functional groups attached to an aromatic ring is 1. The number of aromatic nitrogens is 1. The molecule has 0 amide bonds. The first-order valence-electron chi connectivity index (χ1n) is 5.41. The maximum Gasteiger partial charge on any atom is 0.311 e. The van der Waals surface area contributed by atoms with Crippen molar-refractivity contribution in [2.75, 3.05) is 11.1 Å². The quantitative estimate of drug-likeness (QED) is 0.655. The van der Waals surface area contributed by atoms with Crippen molar-refractivity contribution >= 4 is 23.0 Å². The third-order valence-electron chi connectivity index (χ3n) is 2.54. The molecule has 0 saturated carbocycles. The van der Waals surface area contributed by atoms with Crippen LogP contribution in [0.1, 0.15) is 5.56 Å². The van der Waals surface area contributed by atoms with Gasteiger partial charge in [0.15, 0.2) is 0 Å². The largest absolute Gasteiger partial charge is 0.378 e. The van der Waals surface area contributed by atoms with Gasteiger partial charge in [0.1, 0.15) is 11.6 Å². The van der Waals surface area contributed by atoms with E-state index in [4.69, 9.17) is 5.73 Å². The van der Waals surface area contributed by atoms with E-state index in [0.29, 0.717) is 17.1 Å². The number of aryl methyl sites for hydroxylation is 1. The van der Waals surface area contributed by atoms with Crippen molar-refractivity contribution in [3.8, 4) is 0 Å². The predicted octanol–water partition coefficient (Wildman–Crippen LogP) is 2.76. The van der Waals surface area contributed by atoms with Crippen LogP contribution in [-0.4, -0.2) is 9.91 Å². The van der Waals surface area contributed by atoms with Crippen molar-refractivity contribution in [2.45, 2.75) is 6.92 Å². The Morgan fingerprint density at radius 2 is 2.11 bits per heavy atom. The van der Waals surface area contributed by atoms with E-state index in [-0.39, 0.29) is 17.3 Å². The van der Waals surface area contributed by atoms with Gasteiger partial charge in [0.05, 0.1) is 4.92 Å². The molecular weight excluding hydrogens is 251 g/mol. The molecule has 0 atom stereocenters. The van der Waals surface area contributed by atoms with Crippen LogP contribution in [0.2, 0.25) is 0 Å². The average molecular weight is 262 g/mol. The summed E-state index contributed by atoms with van der Waals surface area (Å²) in [7, 11) is 0. The van der Waals surface area contributed by atoms with Gasteiger partial charge in [-0.2, -0.15) is 0 Å². The summed E-state index contributed by atoms with van der Waals surface area (Å²) in [4.78, 5) is 13.8. The van der Waals surface area contributed by atoms with Crippen LogP contribution in [-0.2, 0) is 0 Å². The minimum atomic E-state index is -0.613. The van der Waals surface area contributed by atoms with Crippen molar-refractivity contribution < 1.29 is 9.31 Å². The number of benzene rings is 1. The number of hydrogen-bond acceptors (Lipinski definition) is 5. The molecule has 2 rings (SSSR count). The molecule has 7 heteroatoms. The number of nitro groups is 1. The van der Waals surface area contributed by atoms with Gasteiger partial charge in [0, 0.05) is 11.8 Å². The van der Waals surface area contributed by atoms with Crippen molar-refractivity contribution in [1.29, 1.82) is 0 Å². The molecule has 1 aromatic carbocycles. The summed E-state index contributed by atoms with van der Waals surface area (Å²) in [6.45, 7) is 1.65. The predicted molar refractivity (Wildman–Crippen MR) is 69.7 cm³/mol. The van der Waals surface area contributed by atoms with Gasteiger partial charge in [-0.1, -0.05) is 6.07 Å². The monoisotopic (exact) mass is 262 g/mol. The van der Waals surface area contributed by atoms with Gasteiger partial charge >= 0.3 is 5.69 Å². The van der Waals surface area contributed by atoms with Gasteiger partial charge < -0.3 is 11.1 Å². The molecule has 0 aliphatic heterocycles. The van der Waals surface area contributed by atoms with Crippen LogP contribution in [0.5, 0.6) is 0 Å². The number of rotatable bonds is 3. The van der Waals surface area contributed by atoms with E-state index in [9.17, 15) is 14.5 Å². The van der Waals surface area contributed by atoms with E-state index < -0.39 is 4.92 Å². The molecular formula is C12H11FN4O2. The molecule has 0 spiro atoms. The zero-order chi connectivity index (χ0) is 14.0. The van der Waals surface area contributed by atoms with E-state index in [1.54, 1.807) is 19.1 Å². The van der Waals surface area contributed by atoms with Gasteiger partial charge in [0.2, 0.25) is 5.82 Å². The van der Waals surface area contributed by atoms with E-state index >= 15 is 0 Å². The first kappa shape index (κ1) is 12.7. The van der Waals surface area contributed by atoms with Crippen LogP contribution in [0.3, 0.4) is 0 Å². The van der Waals surface area contributed by atoms with Crippen LogP contribution in [0.4, 0.5) is 27.4 Å². The topological polar surface area (TPSA) is 94.1 Å². The van der Waals surface area contributed by atoms with E-state index in [2.05, 4.69) is 10.3 Å². The highest BCUT2D eigenvalue weighted by Gasteiger charge is 2.12. The number of hydrogen-bond donors (Lipinski definition) is 2. The Labute approximate surface area is 108 Å². The van der Waals surface area contributed by atoms with E-state index in [1.165, 1.54) is 18.2 Å². The van der Waals surface area contributed by atoms with Gasteiger partial charge in [0.25, 0.3) is 0 Å². The lowest BCUT2D eigenvalue weighted by atomic mass is 10.2. The van der Waals surface area contributed by atoms with Crippen molar-refractivity contribution in [3.05, 3.63) is 51.8 Å². The van der Waals surface area contributed by atoms with Crippen LogP contribution in [0, 0.1) is 22.9 Å². The summed E-state index contributed by atoms with van der Waals surface area (Å²) in [6.07, 6.45) is 0. The molecule has 0 saturated heterocycles. The average Bonchev–Trinajstić information content (AvgIpc) is 2.33. The van der Waals surface area contributed by atoms with E-state index in [0.717, 1.165) is 0 Å². The molecule has 98 valence electrons. The number of anilines is 3. The summed E-state index contributed by atoms with van der Waals surface area (Å²) in [5.41, 5.74) is 6.22. The Morgan fingerprint density at radius 1 is 1.37 bits per heavy atom. The fourth-order valence-corrected chi connectivity index (χ4v) is 1.51. The smallest absolute Gasteiger partial charge is 0.311 e. The highest BCUT2D eigenvalue weighted by molar-refractivity contribution is 5.62. The molecule has 6 nitrogen and oxygen atoms in total. The second-order valence-electron chi connectivity index (χ2n) is 3.95. The molecule has 3 N–H and O–H groups in total. The lowest BCUT2D eigenvalue weighted by Crippen LogP contribution is -2.01. The molecule has 0 radical (unpaired) electrons. The Morgan fingerprint density at radius 3 is 2.68 bits per heavy atom. The van der Waals surface area contributed by atoms with Crippen molar-refractivity contribution in [3.63, 3.8) is 0 Å². The van der Waals surface area contributed by atoms with E-state index in [1.807, 2.05) is 0 Å². The van der Waals surface area contributed by atoms with Crippen LogP contribution in [0.15, 0.2) is 30.3 Å². The first-order chi connectivity index (χ1) is 8.97. The fourth-order valence-electron chi connectivity index (χ4n) is 1.51. The Bertz CT molecular complexity index is 646. The third kappa shape index (κ3) is 2.76. The maximum absolute atomic E-state index is 13.4. The first-order valence-corrected chi connectivity index (χ1v) is 5.41. The molecule has 19 heavy (non-hydrogen) atoms. The minimum Gasteiger partial charge on any atom is -0.378 e. The number of halogens is 1. The third-order valence-corrected chi connectivity index (χ3v) is 2.54. The van der Waals surface area contributed by atoms with Crippen molar-refractivity contribution in [2.24, 2.45) is 0 Å². The highest BCUT2D eigenvalue weighted by Crippen LogP contribution is 2.23. The van der Waals surface area contributed by atoms with Gasteiger partial charge in [-0.3, -0.25) is 10.1 Å². The SMILES string of the molecule is Cc1ccc(Nc2ccc([N+](=O)[O-])c(N)n2)cc1F. The number of pyridine rings is 1. The van der Waals surface area contributed by atoms with Crippen molar-refractivity contribution in [1.82, 2.24) is 4.98 Å². The normalized spacial score (nSPS) is 10.2. The number of nitrogens with zero attached hydrogens (tertiary/aromatic N) is 2. The second kappa shape index (κ2) is 4.89. The molecule has 0 bridgehead atoms. The molecule has 2 aromatic rings. The van der Waals surface area contributed by atoms with Crippen LogP contribution in [0.25, 0.3) is 0 Å². The zero-order valence-corrected chi connectivity index (χ0v) is 10.1. The molecule has 0 aliphatic carbocycles. The Kier molecular flexibility index (Phi) is 3.28. The standard InChI is InChI=1S/C12H11FN4O2/c1-7-2-3-8(6-9(7)13)15-11-5-4-10(17(18)19)12(14)16-11/h2-6H,1H3,(H3,14,15,16). The minimum absolute atomic E-state index is 0.192. The maximum atomic E-state index is 13.4. The summed E-state index contributed by atoms with van der Waals surface area (Å²) in [6, 6.07) is 7.26. The number of nitrogens with one attached hydrogen (secondary N) is 1. The molecule has 1 aromatic heterocycles. The van der Waals surface area contributed by atoms with Crippen LogP contribution < -0.4 is 11.1 Å². The van der Waals surface area contributed by atoms with Gasteiger partial charge in [-0.15, -0.1) is 0 Å². The molecule has 0 aliphatic rings. The molecule has 0 unspecified atom stereocenters. The van der Waals surface area contributed by atoms with Gasteiger partial charge in [-0.25, -0.2) is 9.37 Å².